The smallest absolute Gasteiger partial charge is 0.124 e. The zero-order valence-corrected chi connectivity index (χ0v) is 23.2. The van der Waals surface area contributed by atoms with Crippen LogP contribution < -0.4 is 9.47 Å². The summed E-state index contributed by atoms with van der Waals surface area (Å²) in [5, 5.41) is 21.8. The van der Waals surface area contributed by atoms with E-state index in [1.165, 1.54) is 0 Å². The molecule has 0 fully saturated rings. The van der Waals surface area contributed by atoms with Crippen LogP contribution in [0.2, 0.25) is 0 Å². The van der Waals surface area contributed by atoms with Gasteiger partial charge in [-0.3, -0.25) is 0 Å². The lowest BCUT2D eigenvalue weighted by atomic mass is 9.66. The number of hydrogen-bond donors (Lipinski definition) is 2. The predicted octanol–water partition coefficient (Wildman–Crippen LogP) is 6.39. The standard InChI is InChI=1S/C33H34O6/c1-19-11-23(13-21(17-36-3)31(19)34)33(24-12-20(2)32(35)22(14-24)18-37-4)29-9-7-25(38-5)15-27(29)28-16-26(39-6)8-10-30(28)33/h7-16,34-35H,17-18H2,1-6H3. The molecule has 5 rings (SSSR count). The summed E-state index contributed by atoms with van der Waals surface area (Å²) in [5.74, 6) is 1.95. The summed E-state index contributed by atoms with van der Waals surface area (Å²) in [6.07, 6.45) is 0. The van der Waals surface area contributed by atoms with Gasteiger partial charge in [-0.2, -0.15) is 0 Å². The van der Waals surface area contributed by atoms with E-state index in [4.69, 9.17) is 18.9 Å². The molecule has 4 aromatic rings. The maximum absolute atomic E-state index is 10.9. The molecule has 2 N–H and O–H groups in total. The van der Waals surface area contributed by atoms with Crippen LogP contribution in [0.25, 0.3) is 11.1 Å². The molecular weight excluding hydrogens is 492 g/mol. The molecule has 0 amide bonds. The van der Waals surface area contributed by atoms with E-state index in [0.717, 1.165) is 56.0 Å². The lowest BCUT2D eigenvalue weighted by molar-refractivity contribution is 0.181. The fraction of sp³-hybridized carbons (Fsp3) is 0.273. The van der Waals surface area contributed by atoms with Crippen LogP contribution in [0.15, 0.2) is 60.7 Å². The molecule has 1 aliphatic carbocycles. The molecule has 0 aliphatic heterocycles. The molecule has 0 spiro atoms. The first-order valence-electron chi connectivity index (χ1n) is 12.8. The molecule has 0 unspecified atom stereocenters. The molecule has 4 aromatic carbocycles. The molecule has 6 heteroatoms. The zero-order valence-electron chi connectivity index (χ0n) is 23.2. The number of ether oxygens (including phenoxy) is 4. The van der Waals surface area contributed by atoms with Crippen LogP contribution in [0.5, 0.6) is 23.0 Å². The Balaban J connectivity index is 1.98. The number of fused-ring (bicyclic) bond motifs is 3. The summed E-state index contributed by atoms with van der Waals surface area (Å²) in [7, 11) is 6.57. The lowest BCUT2D eigenvalue weighted by Crippen LogP contribution is -2.29. The third kappa shape index (κ3) is 4.11. The van der Waals surface area contributed by atoms with Gasteiger partial charge in [0.2, 0.25) is 0 Å². The minimum absolute atomic E-state index is 0.223. The molecule has 1 aliphatic rings. The number of phenols is 2. The molecule has 0 heterocycles. The summed E-state index contributed by atoms with van der Waals surface area (Å²) in [5.41, 5.74) is 8.29. The van der Waals surface area contributed by atoms with Crippen LogP contribution in [0.3, 0.4) is 0 Å². The summed E-state index contributed by atoms with van der Waals surface area (Å²) in [6.45, 7) is 4.35. The Morgan fingerprint density at radius 2 is 1.00 bits per heavy atom. The van der Waals surface area contributed by atoms with E-state index in [1.54, 1.807) is 28.4 Å². The first-order valence-corrected chi connectivity index (χ1v) is 12.8. The van der Waals surface area contributed by atoms with Gasteiger partial charge < -0.3 is 29.2 Å². The lowest BCUT2D eigenvalue weighted by Gasteiger charge is -2.35. The Bertz CT molecular complexity index is 1440. The van der Waals surface area contributed by atoms with Crippen LogP contribution in [0, 0.1) is 13.8 Å². The maximum Gasteiger partial charge on any atom is 0.124 e. The van der Waals surface area contributed by atoms with Crippen LogP contribution in [0.1, 0.15) is 44.5 Å². The molecule has 6 nitrogen and oxygen atoms in total. The zero-order chi connectivity index (χ0) is 27.9. The average Bonchev–Trinajstić information content (AvgIpc) is 3.23. The number of phenolic OH excluding ortho intramolecular Hbond substituents is 2. The molecule has 39 heavy (non-hydrogen) atoms. The molecule has 202 valence electrons. The maximum atomic E-state index is 10.9. The van der Waals surface area contributed by atoms with Gasteiger partial charge in [-0.15, -0.1) is 0 Å². The average molecular weight is 527 g/mol. The van der Waals surface area contributed by atoms with Crippen LogP contribution in [-0.2, 0) is 28.1 Å². The highest BCUT2D eigenvalue weighted by Gasteiger charge is 2.47. The van der Waals surface area contributed by atoms with Crippen molar-refractivity contribution in [3.8, 4) is 34.1 Å². The van der Waals surface area contributed by atoms with Gasteiger partial charge in [0.05, 0.1) is 32.8 Å². The Morgan fingerprint density at radius 3 is 1.36 bits per heavy atom. The molecule has 0 radical (unpaired) electrons. The van der Waals surface area contributed by atoms with Gasteiger partial charge in [0.25, 0.3) is 0 Å². The number of rotatable bonds is 8. The van der Waals surface area contributed by atoms with Crippen molar-refractivity contribution in [1.82, 2.24) is 0 Å². The molecule has 0 bridgehead atoms. The second-order valence-corrected chi connectivity index (χ2v) is 10.0. The van der Waals surface area contributed by atoms with Crippen molar-refractivity contribution < 1.29 is 29.2 Å². The molecule has 0 aromatic heterocycles. The molecule has 0 saturated carbocycles. The van der Waals surface area contributed by atoms with Crippen LogP contribution in [0.4, 0.5) is 0 Å². The predicted molar refractivity (Wildman–Crippen MR) is 151 cm³/mol. The van der Waals surface area contributed by atoms with Gasteiger partial charge >= 0.3 is 0 Å². The number of methoxy groups -OCH3 is 4. The van der Waals surface area contributed by atoms with Crippen LogP contribution >= 0.6 is 0 Å². The van der Waals surface area contributed by atoms with Gasteiger partial charge in [0, 0.05) is 25.3 Å². The Morgan fingerprint density at radius 1 is 0.590 bits per heavy atom. The first-order chi connectivity index (χ1) is 18.8. The van der Waals surface area contributed by atoms with E-state index in [2.05, 4.69) is 24.3 Å². The van der Waals surface area contributed by atoms with E-state index >= 15 is 0 Å². The number of benzene rings is 4. The third-order valence-electron chi connectivity index (χ3n) is 7.78. The molecule has 0 atom stereocenters. The molecule has 0 saturated heterocycles. The second kappa shape index (κ2) is 10.3. The quantitative estimate of drug-likeness (QED) is 0.244. The highest BCUT2D eigenvalue weighted by molar-refractivity contribution is 5.88. The summed E-state index contributed by atoms with van der Waals surface area (Å²) in [6, 6.07) is 20.4. The molecular formula is C33H34O6. The van der Waals surface area contributed by atoms with E-state index < -0.39 is 5.41 Å². The van der Waals surface area contributed by atoms with Gasteiger partial charge in [-0.1, -0.05) is 24.3 Å². The van der Waals surface area contributed by atoms with Crippen molar-refractivity contribution in [3.63, 3.8) is 0 Å². The van der Waals surface area contributed by atoms with Gasteiger partial charge in [0.15, 0.2) is 0 Å². The van der Waals surface area contributed by atoms with Crippen molar-refractivity contribution in [3.05, 3.63) is 105 Å². The Kier molecular flexibility index (Phi) is 7.02. The second-order valence-electron chi connectivity index (χ2n) is 10.0. The van der Waals surface area contributed by atoms with E-state index in [9.17, 15) is 10.2 Å². The Hall–Kier alpha value is -4.00. The van der Waals surface area contributed by atoms with E-state index in [0.29, 0.717) is 11.1 Å². The number of hydrogen-bond acceptors (Lipinski definition) is 6. The summed E-state index contributed by atoms with van der Waals surface area (Å²) >= 11 is 0. The van der Waals surface area contributed by atoms with Gasteiger partial charge in [-0.25, -0.2) is 0 Å². The van der Waals surface area contributed by atoms with Gasteiger partial charge in [-0.05, 0) is 94.8 Å². The van der Waals surface area contributed by atoms with E-state index in [1.807, 2.05) is 50.2 Å². The van der Waals surface area contributed by atoms with Gasteiger partial charge in [0.1, 0.15) is 23.0 Å². The SMILES string of the molecule is COCc1cc(C2(c3cc(C)c(O)c(COC)c3)c3ccc(OC)cc3-c3cc(OC)ccc32)cc(C)c1O. The Labute approximate surface area is 229 Å². The largest absolute Gasteiger partial charge is 0.507 e. The normalized spacial score (nSPS) is 13.2. The summed E-state index contributed by atoms with van der Waals surface area (Å²) in [4.78, 5) is 0. The minimum Gasteiger partial charge on any atom is -0.507 e. The third-order valence-corrected chi connectivity index (χ3v) is 7.78. The fourth-order valence-electron chi connectivity index (χ4n) is 6.00. The highest BCUT2D eigenvalue weighted by Crippen LogP contribution is 2.58. The van der Waals surface area contributed by atoms with Crippen molar-refractivity contribution in [1.29, 1.82) is 0 Å². The summed E-state index contributed by atoms with van der Waals surface area (Å²) < 4.78 is 22.2. The monoisotopic (exact) mass is 526 g/mol. The van der Waals surface area contributed by atoms with Crippen LogP contribution in [-0.4, -0.2) is 38.7 Å². The van der Waals surface area contributed by atoms with Crippen molar-refractivity contribution in [2.45, 2.75) is 32.5 Å². The van der Waals surface area contributed by atoms with Crippen molar-refractivity contribution >= 4 is 0 Å². The number of aromatic hydroxyl groups is 2. The highest BCUT2D eigenvalue weighted by atomic mass is 16.5. The topological polar surface area (TPSA) is 77.4 Å². The van der Waals surface area contributed by atoms with E-state index in [-0.39, 0.29) is 24.7 Å². The van der Waals surface area contributed by atoms with Crippen molar-refractivity contribution in [2.75, 3.05) is 28.4 Å². The number of aryl methyl sites for hydroxylation is 2. The minimum atomic E-state index is -0.773. The first kappa shape index (κ1) is 26.6. The fourth-order valence-corrected chi connectivity index (χ4v) is 6.00. The van der Waals surface area contributed by atoms with Crippen molar-refractivity contribution in [2.24, 2.45) is 0 Å².